The molecule has 21 heavy (non-hydrogen) atoms. The topological polar surface area (TPSA) is 72.6 Å². The van der Waals surface area contributed by atoms with E-state index in [0.717, 1.165) is 0 Å². The Kier molecular flexibility index (Phi) is 4.77. The van der Waals surface area contributed by atoms with Crippen molar-refractivity contribution in [3.05, 3.63) is 63.2 Å². The summed E-state index contributed by atoms with van der Waals surface area (Å²) in [7, 11) is 0. The van der Waals surface area contributed by atoms with Gasteiger partial charge in [0.2, 0.25) is 5.75 Å². The maximum absolute atomic E-state index is 11.1. The van der Waals surface area contributed by atoms with Gasteiger partial charge < -0.3 is 9.84 Å². The lowest BCUT2D eigenvalue weighted by molar-refractivity contribution is -0.385. The predicted molar refractivity (Wildman–Crippen MR) is 79.9 cm³/mol. The van der Waals surface area contributed by atoms with E-state index in [-0.39, 0.29) is 16.5 Å². The number of aliphatic hydroxyl groups is 1. The van der Waals surface area contributed by atoms with Crippen LogP contribution in [0.5, 0.6) is 11.5 Å². The third-order valence-corrected chi connectivity index (χ3v) is 3.24. The first-order valence-electron chi connectivity index (χ1n) is 6.41. The summed E-state index contributed by atoms with van der Waals surface area (Å²) in [5.74, 6) is 0.470. The number of benzene rings is 2. The number of hydrogen-bond donors (Lipinski definition) is 1. The van der Waals surface area contributed by atoms with Gasteiger partial charge in [-0.15, -0.1) is 0 Å². The van der Waals surface area contributed by atoms with Gasteiger partial charge in [0.25, 0.3) is 0 Å². The Hall–Kier alpha value is -2.11. The molecule has 0 saturated carbocycles. The molecule has 0 saturated heterocycles. The summed E-state index contributed by atoms with van der Waals surface area (Å²) in [6.45, 7) is 1.84. The summed E-state index contributed by atoms with van der Waals surface area (Å²) >= 11 is 5.77. The van der Waals surface area contributed by atoms with Gasteiger partial charge in [-0.2, -0.15) is 0 Å². The molecule has 1 unspecified atom stereocenters. The van der Waals surface area contributed by atoms with Crippen molar-refractivity contribution >= 4 is 17.3 Å². The Labute approximate surface area is 126 Å². The number of para-hydroxylation sites is 1. The van der Waals surface area contributed by atoms with E-state index in [1.165, 1.54) is 18.2 Å². The fourth-order valence-corrected chi connectivity index (χ4v) is 2.07. The maximum Gasteiger partial charge on any atom is 0.313 e. The average molecular weight is 308 g/mol. The monoisotopic (exact) mass is 307 g/mol. The molecule has 0 heterocycles. The molecular weight excluding hydrogens is 294 g/mol. The second-order valence-corrected chi connectivity index (χ2v) is 4.87. The van der Waals surface area contributed by atoms with E-state index in [4.69, 9.17) is 16.3 Å². The highest BCUT2D eigenvalue weighted by Gasteiger charge is 2.19. The van der Waals surface area contributed by atoms with E-state index >= 15 is 0 Å². The van der Waals surface area contributed by atoms with Crippen LogP contribution in [0.15, 0.2) is 42.5 Å². The average Bonchev–Trinajstić information content (AvgIpc) is 2.48. The molecule has 0 aliphatic heterocycles. The largest absolute Gasteiger partial charge is 0.450 e. The molecule has 0 amide bonds. The van der Waals surface area contributed by atoms with Crippen molar-refractivity contribution < 1.29 is 14.8 Å². The highest BCUT2D eigenvalue weighted by molar-refractivity contribution is 6.30. The van der Waals surface area contributed by atoms with Gasteiger partial charge in [0.1, 0.15) is 5.75 Å². The first-order chi connectivity index (χ1) is 10.0. The summed E-state index contributed by atoms with van der Waals surface area (Å²) in [6.07, 6.45) is -0.170. The SMILES string of the molecule is CCC(O)c1ccccc1Oc1ccc(Cl)cc1[N+](=O)[O-]. The van der Waals surface area contributed by atoms with Crippen molar-refractivity contribution in [2.75, 3.05) is 0 Å². The molecule has 0 spiro atoms. The molecule has 2 rings (SSSR count). The molecule has 0 radical (unpaired) electrons. The molecule has 5 nitrogen and oxygen atoms in total. The van der Waals surface area contributed by atoms with Crippen LogP contribution < -0.4 is 4.74 Å². The number of nitro benzene ring substituents is 1. The standard InChI is InChI=1S/C15H14ClNO4/c1-2-13(18)11-5-3-4-6-14(11)21-15-8-7-10(16)9-12(15)17(19)20/h3-9,13,18H,2H2,1H3. The zero-order valence-electron chi connectivity index (χ0n) is 11.3. The lowest BCUT2D eigenvalue weighted by Crippen LogP contribution is -2.00. The van der Waals surface area contributed by atoms with E-state index in [1.807, 2.05) is 6.92 Å². The van der Waals surface area contributed by atoms with Gasteiger partial charge in [0.05, 0.1) is 11.0 Å². The second-order valence-electron chi connectivity index (χ2n) is 4.43. The van der Waals surface area contributed by atoms with Gasteiger partial charge in [0, 0.05) is 16.7 Å². The molecule has 0 aliphatic rings. The van der Waals surface area contributed by atoms with E-state index in [1.54, 1.807) is 24.3 Å². The number of hydrogen-bond acceptors (Lipinski definition) is 4. The lowest BCUT2D eigenvalue weighted by Gasteiger charge is -2.14. The molecule has 110 valence electrons. The van der Waals surface area contributed by atoms with Crippen LogP contribution in [0.4, 0.5) is 5.69 Å². The van der Waals surface area contributed by atoms with Gasteiger partial charge in [-0.3, -0.25) is 10.1 Å². The van der Waals surface area contributed by atoms with Crippen molar-refractivity contribution in [2.24, 2.45) is 0 Å². The Morgan fingerprint density at radius 3 is 2.67 bits per heavy atom. The molecule has 0 aliphatic carbocycles. The fraction of sp³-hybridized carbons (Fsp3) is 0.200. The van der Waals surface area contributed by atoms with Gasteiger partial charge in [-0.1, -0.05) is 36.7 Å². The zero-order valence-corrected chi connectivity index (χ0v) is 12.1. The maximum atomic E-state index is 11.1. The summed E-state index contributed by atoms with van der Waals surface area (Å²) < 4.78 is 5.62. The van der Waals surface area contributed by atoms with Gasteiger partial charge in [-0.25, -0.2) is 0 Å². The summed E-state index contributed by atoms with van der Waals surface area (Å²) in [6, 6.07) is 11.1. The number of ether oxygens (including phenoxy) is 1. The van der Waals surface area contributed by atoms with Crippen LogP contribution in [0.2, 0.25) is 5.02 Å². The van der Waals surface area contributed by atoms with Crippen molar-refractivity contribution in [3.8, 4) is 11.5 Å². The van der Waals surface area contributed by atoms with Crippen LogP contribution in [0, 0.1) is 10.1 Å². The predicted octanol–water partition coefficient (Wildman–Crippen LogP) is 4.48. The molecule has 0 aromatic heterocycles. The molecule has 0 bridgehead atoms. The highest BCUT2D eigenvalue weighted by atomic mass is 35.5. The fourth-order valence-electron chi connectivity index (χ4n) is 1.91. The minimum absolute atomic E-state index is 0.0835. The number of halogens is 1. The molecule has 1 N–H and O–H groups in total. The molecule has 6 heteroatoms. The minimum Gasteiger partial charge on any atom is -0.450 e. The molecule has 2 aromatic rings. The Morgan fingerprint density at radius 2 is 2.00 bits per heavy atom. The van der Waals surface area contributed by atoms with Crippen molar-refractivity contribution in [2.45, 2.75) is 19.4 Å². The minimum atomic E-state index is -0.687. The van der Waals surface area contributed by atoms with Gasteiger partial charge in [0.15, 0.2) is 0 Å². The third-order valence-electron chi connectivity index (χ3n) is 3.00. The van der Waals surface area contributed by atoms with E-state index in [9.17, 15) is 15.2 Å². The Morgan fingerprint density at radius 1 is 1.29 bits per heavy atom. The van der Waals surface area contributed by atoms with Crippen LogP contribution in [0.3, 0.4) is 0 Å². The number of nitrogens with zero attached hydrogens (tertiary/aromatic N) is 1. The van der Waals surface area contributed by atoms with Crippen LogP contribution in [0.1, 0.15) is 25.0 Å². The van der Waals surface area contributed by atoms with E-state index in [0.29, 0.717) is 17.7 Å². The summed E-state index contributed by atoms with van der Waals surface area (Å²) in [4.78, 5) is 10.5. The quantitative estimate of drug-likeness (QED) is 0.652. The van der Waals surface area contributed by atoms with Crippen molar-refractivity contribution in [1.82, 2.24) is 0 Å². The second kappa shape index (κ2) is 6.56. The molecule has 1 atom stereocenters. The Balaban J connectivity index is 2.41. The van der Waals surface area contributed by atoms with Crippen LogP contribution in [-0.4, -0.2) is 10.0 Å². The number of nitro groups is 1. The third kappa shape index (κ3) is 3.51. The van der Waals surface area contributed by atoms with Crippen molar-refractivity contribution in [1.29, 1.82) is 0 Å². The smallest absolute Gasteiger partial charge is 0.313 e. The van der Waals surface area contributed by atoms with Crippen LogP contribution >= 0.6 is 11.6 Å². The first-order valence-corrected chi connectivity index (χ1v) is 6.79. The number of aliphatic hydroxyl groups excluding tert-OH is 1. The normalized spacial score (nSPS) is 12.0. The van der Waals surface area contributed by atoms with E-state index < -0.39 is 11.0 Å². The van der Waals surface area contributed by atoms with E-state index in [2.05, 4.69) is 0 Å². The first kappa shape index (κ1) is 15.3. The zero-order chi connectivity index (χ0) is 15.4. The van der Waals surface area contributed by atoms with Crippen molar-refractivity contribution in [3.63, 3.8) is 0 Å². The summed E-state index contributed by atoms with van der Waals surface area (Å²) in [5.41, 5.74) is 0.368. The molecule has 2 aromatic carbocycles. The lowest BCUT2D eigenvalue weighted by atomic mass is 10.1. The van der Waals surface area contributed by atoms with Gasteiger partial charge in [-0.05, 0) is 24.6 Å². The van der Waals surface area contributed by atoms with Crippen LogP contribution in [-0.2, 0) is 0 Å². The van der Waals surface area contributed by atoms with Crippen LogP contribution in [0.25, 0.3) is 0 Å². The molecular formula is C15H14ClNO4. The van der Waals surface area contributed by atoms with Gasteiger partial charge >= 0.3 is 5.69 Å². The molecule has 0 fully saturated rings. The number of rotatable bonds is 5. The Bertz CT molecular complexity index is 660. The highest BCUT2D eigenvalue weighted by Crippen LogP contribution is 2.36. The summed E-state index contributed by atoms with van der Waals surface area (Å²) in [5, 5.41) is 21.3.